The number of benzene rings is 2. The fourth-order valence-corrected chi connectivity index (χ4v) is 4.56. The first-order valence-corrected chi connectivity index (χ1v) is 9.56. The van der Waals surface area contributed by atoms with E-state index in [1.54, 1.807) is 0 Å². The Morgan fingerprint density at radius 3 is 2.31 bits per heavy atom. The van der Waals surface area contributed by atoms with E-state index in [0.717, 1.165) is 36.5 Å². The van der Waals surface area contributed by atoms with E-state index in [1.807, 2.05) is 0 Å². The van der Waals surface area contributed by atoms with Gasteiger partial charge in [0.15, 0.2) is 11.5 Å². The topological polar surface area (TPSA) is 117 Å². The molecular formula is C18H14F3NO6S. The van der Waals surface area contributed by atoms with Gasteiger partial charge in [-0.15, -0.1) is 0 Å². The number of phenols is 2. The normalized spacial score (nSPS) is 12.4. The molecule has 0 radical (unpaired) electrons. The van der Waals surface area contributed by atoms with E-state index in [9.17, 15) is 36.6 Å². The number of phenolic OH excluding ortho intramolecular Hbond substituents is 2. The van der Waals surface area contributed by atoms with E-state index >= 15 is 0 Å². The lowest BCUT2D eigenvalue weighted by Crippen LogP contribution is -2.18. The predicted octanol–water partition coefficient (Wildman–Crippen LogP) is 3.33. The zero-order valence-corrected chi connectivity index (χ0v) is 15.3. The van der Waals surface area contributed by atoms with E-state index < -0.39 is 44.1 Å². The molecule has 0 amide bonds. The van der Waals surface area contributed by atoms with E-state index in [1.165, 1.54) is 0 Å². The number of aliphatic carboxylic acids is 1. The van der Waals surface area contributed by atoms with Gasteiger partial charge < -0.3 is 15.3 Å². The summed E-state index contributed by atoms with van der Waals surface area (Å²) in [6.07, 6.45) is -4.45. The third kappa shape index (κ3) is 3.73. The van der Waals surface area contributed by atoms with Crippen LogP contribution in [0.3, 0.4) is 0 Å². The van der Waals surface area contributed by atoms with Gasteiger partial charge in [0.1, 0.15) is 4.90 Å². The smallest absolute Gasteiger partial charge is 0.417 e. The van der Waals surface area contributed by atoms with Crippen LogP contribution >= 0.6 is 0 Å². The Labute approximate surface area is 162 Å². The van der Waals surface area contributed by atoms with Crippen molar-refractivity contribution in [1.82, 2.24) is 3.97 Å². The van der Waals surface area contributed by atoms with Crippen LogP contribution in [-0.4, -0.2) is 33.7 Å². The number of carbonyl (C=O) groups is 1. The highest BCUT2D eigenvalue weighted by Gasteiger charge is 2.38. The van der Waals surface area contributed by atoms with Gasteiger partial charge in [0.2, 0.25) is 0 Å². The zero-order valence-electron chi connectivity index (χ0n) is 14.5. The fourth-order valence-electron chi connectivity index (χ4n) is 2.96. The zero-order chi connectivity index (χ0) is 21.6. The largest absolute Gasteiger partial charge is 0.504 e. The number of carboxylic acids is 1. The number of aromatic nitrogens is 1. The Bertz CT molecular complexity index is 1210. The molecule has 1 aromatic heterocycles. The molecule has 0 aliphatic carbocycles. The van der Waals surface area contributed by atoms with Gasteiger partial charge in [0, 0.05) is 24.1 Å². The molecule has 0 atom stereocenters. The quantitative estimate of drug-likeness (QED) is 0.536. The van der Waals surface area contributed by atoms with Gasteiger partial charge >= 0.3 is 12.1 Å². The van der Waals surface area contributed by atoms with Crippen LogP contribution in [-0.2, 0) is 27.4 Å². The third-order valence-electron chi connectivity index (χ3n) is 4.29. The SMILES string of the molecule is O=C(O)CCc1cn(S(=O)(=O)c2ccccc2C(F)(F)F)c2cc(O)c(O)cc12. The van der Waals surface area contributed by atoms with Crippen LogP contribution in [0.1, 0.15) is 17.5 Å². The van der Waals surface area contributed by atoms with Gasteiger partial charge in [0.25, 0.3) is 10.0 Å². The van der Waals surface area contributed by atoms with E-state index in [4.69, 9.17) is 5.11 Å². The van der Waals surface area contributed by atoms with Gasteiger partial charge in [-0.1, -0.05) is 12.1 Å². The first-order valence-electron chi connectivity index (χ1n) is 8.12. The first kappa shape index (κ1) is 20.5. The van der Waals surface area contributed by atoms with Crippen molar-refractivity contribution >= 4 is 26.9 Å². The Balaban J connectivity index is 2.30. The number of carboxylic acid groups (broad SMARTS) is 1. The van der Waals surface area contributed by atoms with E-state index in [2.05, 4.69) is 0 Å². The molecule has 0 bridgehead atoms. The van der Waals surface area contributed by atoms with Crippen molar-refractivity contribution in [2.75, 3.05) is 0 Å². The van der Waals surface area contributed by atoms with Crippen molar-refractivity contribution in [3.63, 3.8) is 0 Å². The maximum atomic E-state index is 13.3. The highest BCUT2D eigenvalue weighted by molar-refractivity contribution is 7.90. The van der Waals surface area contributed by atoms with Crippen LogP contribution < -0.4 is 0 Å². The Morgan fingerprint density at radius 1 is 1.07 bits per heavy atom. The number of aromatic hydroxyl groups is 2. The molecular weight excluding hydrogens is 415 g/mol. The molecule has 3 rings (SSSR count). The standard InChI is InChI=1S/C18H14F3NO6S/c19-18(20,21)12-3-1-2-4-16(12)29(27,28)22-9-10(5-6-17(25)26)11-7-14(23)15(24)8-13(11)22/h1-4,7-9,23-24H,5-6H2,(H,25,26). The molecule has 0 saturated carbocycles. The van der Waals surface area contributed by atoms with Crippen molar-refractivity contribution in [3.05, 3.63) is 53.7 Å². The molecule has 1 heterocycles. The van der Waals surface area contributed by atoms with Crippen LogP contribution in [0.5, 0.6) is 11.5 Å². The molecule has 2 aromatic carbocycles. The fraction of sp³-hybridized carbons (Fsp3) is 0.167. The number of rotatable bonds is 5. The summed E-state index contributed by atoms with van der Waals surface area (Å²) in [6, 6.07) is 5.56. The van der Waals surface area contributed by atoms with E-state index in [0.29, 0.717) is 10.0 Å². The summed E-state index contributed by atoms with van der Waals surface area (Å²) in [7, 11) is -4.77. The second-order valence-corrected chi connectivity index (χ2v) is 7.98. The minimum Gasteiger partial charge on any atom is -0.504 e. The Morgan fingerprint density at radius 2 is 1.69 bits per heavy atom. The number of aryl methyl sites for hydroxylation is 1. The average molecular weight is 429 g/mol. The van der Waals surface area contributed by atoms with E-state index in [-0.39, 0.29) is 29.3 Å². The first-order chi connectivity index (χ1) is 13.4. The number of nitrogens with zero attached hydrogens (tertiary/aromatic N) is 1. The molecule has 0 unspecified atom stereocenters. The monoisotopic (exact) mass is 429 g/mol. The second-order valence-electron chi connectivity index (χ2n) is 6.20. The minimum atomic E-state index is -4.93. The van der Waals surface area contributed by atoms with Crippen molar-refractivity contribution in [3.8, 4) is 11.5 Å². The summed E-state index contributed by atoms with van der Waals surface area (Å²) in [5.74, 6) is -2.43. The lowest BCUT2D eigenvalue weighted by atomic mass is 10.1. The molecule has 11 heteroatoms. The highest BCUT2D eigenvalue weighted by Crippen LogP contribution is 2.38. The summed E-state index contributed by atoms with van der Waals surface area (Å²) < 4.78 is 66.7. The van der Waals surface area contributed by atoms with Gasteiger partial charge in [-0.25, -0.2) is 12.4 Å². The van der Waals surface area contributed by atoms with Gasteiger partial charge in [0.05, 0.1) is 11.1 Å². The van der Waals surface area contributed by atoms with Gasteiger partial charge in [-0.2, -0.15) is 13.2 Å². The van der Waals surface area contributed by atoms with Crippen LogP contribution in [0.25, 0.3) is 10.9 Å². The molecule has 0 aliphatic heterocycles. The second kappa shape index (κ2) is 6.99. The van der Waals surface area contributed by atoms with Crippen molar-refractivity contribution in [1.29, 1.82) is 0 Å². The average Bonchev–Trinajstić information content (AvgIpc) is 2.98. The lowest BCUT2D eigenvalue weighted by molar-refractivity contribution is -0.140. The van der Waals surface area contributed by atoms with Crippen LogP contribution in [0.15, 0.2) is 47.5 Å². The molecule has 0 aliphatic rings. The van der Waals surface area contributed by atoms with Crippen LogP contribution in [0, 0.1) is 0 Å². The number of alkyl halides is 3. The van der Waals surface area contributed by atoms with Crippen molar-refractivity contribution in [2.45, 2.75) is 23.9 Å². The molecule has 0 saturated heterocycles. The van der Waals surface area contributed by atoms with Crippen LogP contribution in [0.4, 0.5) is 13.2 Å². The number of halogens is 3. The highest BCUT2D eigenvalue weighted by atomic mass is 32.2. The summed E-state index contributed by atoms with van der Waals surface area (Å²) in [5, 5.41) is 28.5. The Hall–Kier alpha value is -3.21. The predicted molar refractivity (Wildman–Crippen MR) is 95.3 cm³/mol. The third-order valence-corrected chi connectivity index (χ3v) is 6.02. The molecule has 0 fully saturated rings. The van der Waals surface area contributed by atoms with Gasteiger partial charge in [-0.3, -0.25) is 4.79 Å². The Kier molecular flexibility index (Phi) is 4.95. The maximum absolute atomic E-state index is 13.3. The van der Waals surface area contributed by atoms with Crippen molar-refractivity contribution < 1.29 is 41.7 Å². The summed E-state index contributed by atoms with van der Waals surface area (Å²) in [5.41, 5.74) is -1.39. The molecule has 3 aromatic rings. The lowest BCUT2D eigenvalue weighted by Gasteiger charge is -2.14. The molecule has 3 N–H and O–H groups in total. The number of hydrogen-bond acceptors (Lipinski definition) is 5. The number of hydrogen-bond donors (Lipinski definition) is 3. The maximum Gasteiger partial charge on any atom is 0.417 e. The summed E-state index contributed by atoms with van der Waals surface area (Å²) in [6.45, 7) is 0. The van der Waals surface area contributed by atoms with Crippen LogP contribution in [0.2, 0.25) is 0 Å². The minimum absolute atomic E-state index is 0.0922. The molecule has 7 nitrogen and oxygen atoms in total. The molecule has 154 valence electrons. The van der Waals surface area contributed by atoms with Gasteiger partial charge in [-0.05, 0) is 30.2 Å². The molecule has 29 heavy (non-hydrogen) atoms. The summed E-state index contributed by atoms with van der Waals surface area (Å²) >= 11 is 0. The number of fused-ring (bicyclic) bond motifs is 1. The molecule has 0 spiro atoms. The summed E-state index contributed by atoms with van der Waals surface area (Å²) in [4.78, 5) is 9.87. The van der Waals surface area contributed by atoms with Crippen molar-refractivity contribution in [2.24, 2.45) is 0 Å².